The molecule has 4 aromatic carbocycles. The molecule has 0 saturated carbocycles. The minimum atomic E-state index is -4.77. The number of rotatable bonds is 8. The smallest absolute Gasteiger partial charge is 0.744 e. The van der Waals surface area contributed by atoms with E-state index in [0.717, 1.165) is 48.5 Å². The van der Waals surface area contributed by atoms with Crippen molar-refractivity contribution in [3.05, 3.63) is 138 Å². The predicted octanol–water partition coefficient (Wildman–Crippen LogP) is 1.99. The second kappa shape index (κ2) is 19.7. The molecular weight excluding hydrogens is 884 g/mol. The van der Waals surface area contributed by atoms with Gasteiger partial charge >= 0.3 is 26.2 Å². The van der Waals surface area contributed by atoms with E-state index in [-0.39, 0.29) is 26.2 Å². The largest absolute Gasteiger partial charge is 4.00 e. The summed E-state index contributed by atoms with van der Waals surface area (Å²) in [6.07, 6.45) is 0. The molecule has 0 spiro atoms. The summed E-state index contributed by atoms with van der Waals surface area (Å²) in [5, 5.41) is 41.1. The first kappa shape index (κ1) is 48.0. The van der Waals surface area contributed by atoms with Crippen LogP contribution in [0.4, 0.5) is 22.7 Å². The Kier molecular flexibility index (Phi) is 17.9. The zero-order valence-electron chi connectivity index (χ0n) is 25.3. The molecule has 0 N–H and O–H groups in total. The third-order valence-corrected chi connectivity index (χ3v) is 8.86. The molecule has 0 amide bonds. The van der Waals surface area contributed by atoms with Crippen molar-refractivity contribution in [2.45, 2.75) is 19.6 Å². The van der Waals surface area contributed by atoms with Crippen molar-refractivity contribution >= 4 is 63.2 Å². The zero-order chi connectivity index (χ0) is 40.2. The summed E-state index contributed by atoms with van der Waals surface area (Å²) >= 11 is 0. The standard InChI is InChI=1S/4C6H5NO5S.Zr/c4*8-7(9)5-3-1-2-4-6(5)13(10,11)12;/h4*1-4H,(H,10,11,12);/q;;;;+4/p-4. The molecule has 0 unspecified atom stereocenters. The van der Waals surface area contributed by atoms with Gasteiger partial charge in [0.15, 0.2) is 0 Å². The molecule has 53 heavy (non-hydrogen) atoms. The molecule has 0 aliphatic carbocycles. The van der Waals surface area contributed by atoms with Gasteiger partial charge in [-0.05, 0) is 24.3 Å². The zero-order valence-corrected chi connectivity index (χ0v) is 31.0. The van der Waals surface area contributed by atoms with Gasteiger partial charge in [-0.25, -0.2) is 33.7 Å². The molecule has 29 heteroatoms. The van der Waals surface area contributed by atoms with Crippen molar-refractivity contribution in [1.82, 2.24) is 0 Å². The van der Waals surface area contributed by atoms with Crippen LogP contribution in [0.3, 0.4) is 0 Å². The Morgan fingerprint density at radius 3 is 0.547 bits per heavy atom. The van der Waals surface area contributed by atoms with E-state index in [4.69, 9.17) is 0 Å². The molecule has 4 aromatic rings. The number of para-hydroxylation sites is 4. The number of nitro benzene ring substituents is 4. The van der Waals surface area contributed by atoms with Crippen LogP contribution in [0.5, 0.6) is 0 Å². The molecule has 0 atom stereocenters. The van der Waals surface area contributed by atoms with Crippen LogP contribution in [0.15, 0.2) is 117 Å². The van der Waals surface area contributed by atoms with Gasteiger partial charge in [0.1, 0.15) is 60.1 Å². The third kappa shape index (κ3) is 15.3. The van der Waals surface area contributed by atoms with Gasteiger partial charge in [-0.3, -0.25) is 40.5 Å². The van der Waals surface area contributed by atoms with Crippen LogP contribution in [0.1, 0.15) is 0 Å². The molecule has 280 valence electrons. The van der Waals surface area contributed by atoms with Crippen LogP contribution in [0, 0.1) is 40.5 Å². The summed E-state index contributed by atoms with van der Waals surface area (Å²) in [5.74, 6) is 0. The van der Waals surface area contributed by atoms with Crippen LogP contribution in [0.25, 0.3) is 0 Å². The summed E-state index contributed by atoms with van der Waals surface area (Å²) < 4.78 is 126. The van der Waals surface area contributed by atoms with Crippen LogP contribution in [-0.2, 0) is 66.7 Å². The first-order chi connectivity index (χ1) is 23.7. The molecule has 24 nitrogen and oxygen atoms in total. The van der Waals surface area contributed by atoms with E-state index in [1.165, 1.54) is 48.5 Å². The monoisotopic (exact) mass is 898 g/mol. The van der Waals surface area contributed by atoms with Crippen molar-refractivity contribution in [3.8, 4) is 0 Å². The van der Waals surface area contributed by atoms with Crippen LogP contribution >= 0.6 is 0 Å². The molecular formula is C24H16N4O20S4Zr. The van der Waals surface area contributed by atoms with Gasteiger partial charge in [-0.15, -0.1) is 0 Å². The van der Waals surface area contributed by atoms with Crippen molar-refractivity contribution in [2.75, 3.05) is 0 Å². The first-order valence-corrected chi connectivity index (χ1v) is 18.1. The molecule has 0 aliphatic rings. The van der Waals surface area contributed by atoms with E-state index >= 15 is 0 Å². The molecule has 0 radical (unpaired) electrons. The maximum Gasteiger partial charge on any atom is 4.00 e. The Morgan fingerprint density at radius 2 is 0.453 bits per heavy atom. The SMILES string of the molecule is O=[N+]([O-])c1ccccc1S(=O)(=O)[O-].O=[N+]([O-])c1ccccc1S(=O)(=O)[O-].O=[N+]([O-])c1ccccc1S(=O)(=O)[O-].O=[N+]([O-])c1ccccc1S(=O)(=O)[O-].[Zr+4]. The Balaban J connectivity index is 0.000000676. The third-order valence-electron chi connectivity index (χ3n) is 5.33. The summed E-state index contributed by atoms with van der Waals surface area (Å²) in [6.45, 7) is 0. The number of hydrogen-bond acceptors (Lipinski definition) is 20. The number of benzene rings is 4. The van der Waals surface area contributed by atoms with E-state index in [0.29, 0.717) is 0 Å². The maximum atomic E-state index is 10.5. The quantitative estimate of drug-likeness (QED) is 0.139. The number of hydrogen-bond donors (Lipinski definition) is 0. The Labute approximate surface area is 316 Å². The van der Waals surface area contributed by atoms with Gasteiger partial charge in [-0.1, -0.05) is 48.5 Å². The first-order valence-electron chi connectivity index (χ1n) is 12.5. The maximum absolute atomic E-state index is 10.5. The second-order valence-corrected chi connectivity index (χ2v) is 14.1. The Morgan fingerprint density at radius 1 is 0.321 bits per heavy atom. The van der Waals surface area contributed by atoms with E-state index in [1.807, 2.05) is 0 Å². The van der Waals surface area contributed by atoms with Crippen molar-refractivity contribution in [3.63, 3.8) is 0 Å². The van der Waals surface area contributed by atoms with Crippen molar-refractivity contribution in [1.29, 1.82) is 0 Å². The van der Waals surface area contributed by atoms with Gasteiger partial charge in [0.05, 0.1) is 19.7 Å². The summed E-state index contributed by atoms with van der Waals surface area (Å²) in [6, 6.07) is 17.6. The van der Waals surface area contributed by atoms with Crippen LogP contribution in [-0.4, -0.2) is 71.6 Å². The summed E-state index contributed by atoms with van der Waals surface area (Å²) in [5.41, 5.74) is -2.79. The van der Waals surface area contributed by atoms with Gasteiger partial charge in [-0.2, -0.15) is 0 Å². The van der Waals surface area contributed by atoms with Crippen molar-refractivity contribution < 1.29 is 97.8 Å². The fraction of sp³-hybridized carbons (Fsp3) is 0. The number of nitrogens with zero attached hydrogens (tertiary/aromatic N) is 4. The van der Waals surface area contributed by atoms with E-state index in [9.17, 15) is 92.3 Å². The molecule has 0 fully saturated rings. The van der Waals surface area contributed by atoms with Crippen LogP contribution in [0.2, 0.25) is 0 Å². The van der Waals surface area contributed by atoms with E-state index in [1.54, 1.807) is 0 Å². The van der Waals surface area contributed by atoms with Gasteiger partial charge in [0.2, 0.25) is 0 Å². The second-order valence-electron chi connectivity index (χ2n) is 8.72. The fourth-order valence-electron chi connectivity index (χ4n) is 3.28. The van der Waals surface area contributed by atoms with Gasteiger partial charge in [0.25, 0.3) is 22.7 Å². The normalized spacial score (nSPS) is 10.9. The average molecular weight is 900 g/mol. The minimum Gasteiger partial charge on any atom is -0.744 e. The molecule has 0 bridgehead atoms. The topological polar surface area (TPSA) is 401 Å². The van der Waals surface area contributed by atoms with E-state index < -0.39 is 102 Å². The molecule has 4 rings (SSSR count). The molecule has 0 saturated heterocycles. The summed E-state index contributed by atoms with van der Waals surface area (Å²) in [4.78, 5) is 34.2. The van der Waals surface area contributed by atoms with Crippen molar-refractivity contribution in [2.24, 2.45) is 0 Å². The molecule has 0 aliphatic heterocycles. The Bertz CT molecular complexity index is 2100. The van der Waals surface area contributed by atoms with Gasteiger partial charge < -0.3 is 18.2 Å². The molecule has 0 aromatic heterocycles. The Hall–Kier alpha value is -5.00. The summed E-state index contributed by atoms with van der Waals surface area (Å²) in [7, 11) is -19.1. The molecule has 0 heterocycles. The van der Waals surface area contributed by atoms with E-state index in [2.05, 4.69) is 0 Å². The van der Waals surface area contributed by atoms with Gasteiger partial charge in [0, 0.05) is 24.3 Å². The predicted molar refractivity (Wildman–Crippen MR) is 164 cm³/mol. The fourth-order valence-corrected chi connectivity index (χ4v) is 5.85. The average Bonchev–Trinajstić information content (AvgIpc) is 3.04. The van der Waals surface area contributed by atoms with Crippen LogP contribution < -0.4 is 0 Å². The number of nitro groups is 4. The minimum absolute atomic E-state index is 0.